The Kier molecular flexibility index (Phi) is 6.89. The van der Waals surface area contributed by atoms with Crippen LogP contribution in [0.5, 0.6) is 0 Å². The quantitative estimate of drug-likeness (QED) is 0.257. The first-order valence-corrected chi connectivity index (χ1v) is 11.9. The summed E-state index contributed by atoms with van der Waals surface area (Å²) in [5, 5.41) is 12.2. The Morgan fingerprint density at radius 3 is 2.77 bits per heavy atom. The number of nitrogens with one attached hydrogen (secondary N) is 1. The molecule has 0 aliphatic rings. The summed E-state index contributed by atoms with van der Waals surface area (Å²) in [4.78, 5) is 12.9. The van der Waals surface area contributed by atoms with Crippen LogP contribution in [-0.2, 0) is 19.5 Å². The standard InChI is InChI=1S/C23H24N4O2S2/c1-16-13-20(17(2)27(16)11-10-18-7-4-3-5-8-18)21(28)15-30-23-26-25-22(31-23)24-14-19-9-6-12-29-19/h3-9,12-13H,10-11,14-15H2,1-2H3,(H,24,25). The number of aromatic nitrogens is 3. The summed E-state index contributed by atoms with van der Waals surface area (Å²) in [6.45, 7) is 5.50. The molecule has 8 heteroatoms. The van der Waals surface area contributed by atoms with Crippen LogP contribution in [0, 0.1) is 13.8 Å². The lowest BCUT2D eigenvalue weighted by atomic mass is 10.1. The molecule has 4 rings (SSSR count). The first kappa shape index (κ1) is 21.4. The van der Waals surface area contributed by atoms with E-state index in [4.69, 9.17) is 4.42 Å². The molecule has 0 saturated heterocycles. The molecule has 0 atom stereocenters. The average Bonchev–Trinajstić information content (AvgIpc) is 3.51. The second kappa shape index (κ2) is 9.98. The molecule has 0 amide bonds. The van der Waals surface area contributed by atoms with Crippen LogP contribution in [0.15, 0.2) is 63.6 Å². The average molecular weight is 453 g/mol. The van der Waals surface area contributed by atoms with Gasteiger partial charge in [0.05, 0.1) is 18.6 Å². The Morgan fingerprint density at radius 1 is 1.16 bits per heavy atom. The highest BCUT2D eigenvalue weighted by atomic mass is 32.2. The molecule has 0 fully saturated rings. The van der Waals surface area contributed by atoms with E-state index in [0.29, 0.717) is 17.4 Å². The minimum atomic E-state index is 0.115. The SMILES string of the molecule is Cc1cc(C(=O)CSc2nnc(NCc3ccco3)s2)c(C)n1CCc1ccccc1. The molecule has 3 heterocycles. The lowest BCUT2D eigenvalue weighted by molar-refractivity contribution is 0.102. The first-order chi connectivity index (χ1) is 15.1. The Labute approximate surface area is 189 Å². The number of nitrogens with zero attached hydrogens (tertiary/aromatic N) is 3. The van der Waals surface area contributed by atoms with Crippen molar-refractivity contribution < 1.29 is 9.21 Å². The predicted octanol–water partition coefficient (Wildman–Crippen LogP) is 5.38. The summed E-state index contributed by atoms with van der Waals surface area (Å²) >= 11 is 2.86. The van der Waals surface area contributed by atoms with E-state index >= 15 is 0 Å². The van der Waals surface area contributed by atoms with Gasteiger partial charge in [-0.25, -0.2) is 0 Å². The molecule has 0 bridgehead atoms. The summed E-state index contributed by atoms with van der Waals surface area (Å²) in [5.74, 6) is 1.29. The molecular weight excluding hydrogens is 428 g/mol. The van der Waals surface area contributed by atoms with Gasteiger partial charge < -0.3 is 14.3 Å². The number of ketones is 1. The van der Waals surface area contributed by atoms with Crippen molar-refractivity contribution >= 4 is 34.0 Å². The second-order valence-electron chi connectivity index (χ2n) is 7.19. The van der Waals surface area contributed by atoms with Crippen molar-refractivity contribution in [3.05, 3.63) is 83.1 Å². The summed E-state index contributed by atoms with van der Waals surface area (Å²) in [5.41, 5.74) is 4.23. The highest BCUT2D eigenvalue weighted by Gasteiger charge is 2.17. The number of carbonyl (C=O) groups is 1. The third kappa shape index (κ3) is 5.45. The fourth-order valence-corrected chi connectivity index (χ4v) is 5.06. The van der Waals surface area contributed by atoms with E-state index in [1.165, 1.54) is 28.7 Å². The predicted molar refractivity (Wildman–Crippen MR) is 125 cm³/mol. The van der Waals surface area contributed by atoms with Gasteiger partial charge in [-0.2, -0.15) is 0 Å². The molecule has 0 aliphatic carbocycles. The smallest absolute Gasteiger partial charge is 0.206 e. The summed E-state index contributed by atoms with van der Waals surface area (Å²) in [7, 11) is 0. The van der Waals surface area contributed by atoms with Crippen LogP contribution in [-0.4, -0.2) is 26.3 Å². The third-order valence-corrected chi connectivity index (χ3v) is 7.08. The largest absolute Gasteiger partial charge is 0.467 e. The van der Waals surface area contributed by atoms with E-state index < -0.39 is 0 Å². The number of Topliss-reactive ketones (excluding diaryl/α,β-unsaturated/α-hetero) is 1. The highest BCUT2D eigenvalue weighted by Crippen LogP contribution is 2.27. The molecule has 0 unspecified atom stereocenters. The Bertz CT molecular complexity index is 1130. The Balaban J connectivity index is 1.32. The minimum Gasteiger partial charge on any atom is -0.467 e. The molecule has 160 valence electrons. The lowest BCUT2D eigenvalue weighted by Crippen LogP contribution is -2.08. The van der Waals surface area contributed by atoms with Crippen molar-refractivity contribution in [2.75, 3.05) is 11.1 Å². The molecule has 1 N–H and O–H groups in total. The van der Waals surface area contributed by atoms with E-state index in [1.54, 1.807) is 6.26 Å². The van der Waals surface area contributed by atoms with Gasteiger partial charge in [0.15, 0.2) is 10.1 Å². The lowest BCUT2D eigenvalue weighted by Gasteiger charge is -2.10. The maximum Gasteiger partial charge on any atom is 0.206 e. The van der Waals surface area contributed by atoms with Crippen molar-refractivity contribution in [3.63, 3.8) is 0 Å². The number of aryl methyl sites for hydroxylation is 2. The van der Waals surface area contributed by atoms with Crippen molar-refractivity contribution in [2.24, 2.45) is 0 Å². The van der Waals surface area contributed by atoms with Crippen molar-refractivity contribution in [3.8, 4) is 0 Å². The van der Waals surface area contributed by atoms with Crippen molar-refractivity contribution in [1.82, 2.24) is 14.8 Å². The molecule has 31 heavy (non-hydrogen) atoms. The van der Waals surface area contributed by atoms with E-state index in [1.807, 2.05) is 31.2 Å². The molecule has 0 radical (unpaired) electrons. The molecule has 1 aromatic carbocycles. The highest BCUT2D eigenvalue weighted by molar-refractivity contribution is 8.01. The second-order valence-corrected chi connectivity index (χ2v) is 9.39. The van der Waals surface area contributed by atoms with Crippen LogP contribution in [0.25, 0.3) is 0 Å². The first-order valence-electron chi connectivity index (χ1n) is 10.1. The summed E-state index contributed by atoms with van der Waals surface area (Å²) < 4.78 is 8.30. The van der Waals surface area contributed by atoms with Gasteiger partial charge in [0.2, 0.25) is 5.13 Å². The number of carbonyl (C=O) groups excluding carboxylic acids is 1. The number of hydrogen-bond donors (Lipinski definition) is 1. The fourth-order valence-electron chi connectivity index (χ4n) is 3.43. The molecule has 4 aromatic rings. The molecule has 0 aliphatic heterocycles. The molecular formula is C23H24N4O2S2. The third-order valence-electron chi connectivity index (χ3n) is 5.07. The number of thioether (sulfide) groups is 1. The molecule has 6 nitrogen and oxygen atoms in total. The van der Waals surface area contributed by atoms with Crippen LogP contribution in [0.1, 0.15) is 33.1 Å². The summed E-state index contributed by atoms with van der Waals surface area (Å²) in [6.07, 6.45) is 2.58. The maximum absolute atomic E-state index is 12.9. The van der Waals surface area contributed by atoms with Gasteiger partial charge >= 0.3 is 0 Å². The van der Waals surface area contributed by atoms with Gasteiger partial charge in [-0.05, 0) is 44.0 Å². The number of hydrogen-bond acceptors (Lipinski definition) is 7. The van der Waals surface area contributed by atoms with Gasteiger partial charge in [-0.15, -0.1) is 10.2 Å². The van der Waals surface area contributed by atoms with Crippen molar-refractivity contribution in [1.29, 1.82) is 0 Å². The number of rotatable bonds is 10. The van der Waals surface area contributed by atoms with Crippen molar-refractivity contribution in [2.45, 2.75) is 37.7 Å². The van der Waals surface area contributed by atoms with Gasteiger partial charge in [0.25, 0.3) is 0 Å². The normalized spacial score (nSPS) is 11.0. The Morgan fingerprint density at radius 2 is 2.00 bits per heavy atom. The van der Waals surface area contributed by atoms with Gasteiger partial charge in [-0.1, -0.05) is 53.4 Å². The monoisotopic (exact) mass is 452 g/mol. The van der Waals surface area contributed by atoms with Gasteiger partial charge in [-0.3, -0.25) is 4.79 Å². The zero-order valence-electron chi connectivity index (χ0n) is 17.5. The minimum absolute atomic E-state index is 0.115. The van der Waals surface area contributed by atoms with E-state index in [0.717, 1.165) is 40.0 Å². The van der Waals surface area contributed by atoms with Crippen LogP contribution in [0.3, 0.4) is 0 Å². The topological polar surface area (TPSA) is 73.0 Å². The number of anilines is 1. The number of benzene rings is 1. The van der Waals surface area contributed by atoms with E-state index in [9.17, 15) is 4.79 Å². The van der Waals surface area contributed by atoms with Crippen LogP contribution in [0.2, 0.25) is 0 Å². The zero-order valence-corrected chi connectivity index (χ0v) is 19.1. The molecule has 0 spiro atoms. The zero-order chi connectivity index (χ0) is 21.6. The number of furan rings is 1. The maximum atomic E-state index is 12.9. The van der Waals surface area contributed by atoms with E-state index in [-0.39, 0.29) is 5.78 Å². The Hall–Kier alpha value is -2.84. The van der Waals surface area contributed by atoms with Gasteiger partial charge in [0, 0.05) is 23.5 Å². The van der Waals surface area contributed by atoms with Crippen LogP contribution in [0.4, 0.5) is 5.13 Å². The molecule has 0 saturated carbocycles. The molecule has 3 aromatic heterocycles. The van der Waals surface area contributed by atoms with Gasteiger partial charge in [0.1, 0.15) is 5.76 Å². The van der Waals surface area contributed by atoms with E-state index in [2.05, 4.69) is 51.3 Å². The summed E-state index contributed by atoms with van der Waals surface area (Å²) in [6, 6.07) is 16.2. The van der Waals surface area contributed by atoms with Crippen LogP contribution < -0.4 is 5.32 Å². The van der Waals surface area contributed by atoms with Crippen LogP contribution >= 0.6 is 23.1 Å². The fraction of sp³-hybridized carbons (Fsp3) is 0.261.